The van der Waals surface area contributed by atoms with Gasteiger partial charge in [-0.2, -0.15) is 5.10 Å². The minimum Gasteiger partial charge on any atom is -0.378 e. The summed E-state index contributed by atoms with van der Waals surface area (Å²) < 4.78 is 5.57. The quantitative estimate of drug-likeness (QED) is 0.887. The predicted molar refractivity (Wildman–Crippen MR) is 62.4 cm³/mol. The lowest BCUT2D eigenvalue weighted by atomic mass is 10.2. The monoisotopic (exact) mass is 235 g/mol. The van der Waals surface area contributed by atoms with Crippen molar-refractivity contribution in [2.24, 2.45) is 0 Å². The van der Waals surface area contributed by atoms with E-state index in [2.05, 4.69) is 15.2 Å². The molecule has 5 heteroatoms. The van der Waals surface area contributed by atoms with Crippen LogP contribution in [0.1, 0.15) is 18.7 Å². The number of nitrogens with zero attached hydrogens (tertiary/aromatic N) is 2. The van der Waals surface area contributed by atoms with Crippen molar-refractivity contribution in [3.8, 4) is 10.7 Å². The Morgan fingerprint density at radius 2 is 2.56 bits per heavy atom. The van der Waals surface area contributed by atoms with Crippen LogP contribution in [0.25, 0.3) is 10.7 Å². The summed E-state index contributed by atoms with van der Waals surface area (Å²) in [5, 5.41) is 9.24. The lowest BCUT2D eigenvalue weighted by Crippen LogP contribution is -2.09. The lowest BCUT2D eigenvalue weighted by Gasteiger charge is -2.04. The molecule has 16 heavy (non-hydrogen) atoms. The van der Waals surface area contributed by atoms with E-state index in [9.17, 15) is 0 Å². The van der Waals surface area contributed by atoms with E-state index in [1.807, 2.05) is 17.5 Å². The summed E-state index contributed by atoms with van der Waals surface area (Å²) in [6.07, 6.45) is 3.47. The zero-order valence-electron chi connectivity index (χ0n) is 8.85. The van der Waals surface area contributed by atoms with E-state index in [1.54, 1.807) is 11.3 Å². The minimum absolute atomic E-state index is 0.323. The summed E-state index contributed by atoms with van der Waals surface area (Å²) in [7, 11) is 0. The van der Waals surface area contributed by atoms with E-state index < -0.39 is 0 Å². The molecule has 84 valence electrons. The number of H-pyrrole nitrogens is 1. The molecule has 0 aromatic carbocycles. The van der Waals surface area contributed by atoms with E-state index in [0.717, 1.165) is 42.4 Å². The summed E-state index contributed by atoms with van der Waals surface area (Å²) in [5.41, 5.74) is 0. The molecule has 0 radical (unpaired) electrons. The molecular formula is C11H13N3OS. The second-order valence-electron chi connectivity index (χ2n) is 3.92. The second-order valence-corrected chi connectivity index (χ2v) is 4.87. The Hall–Kier alpha value is -1.20. The molecule has 4 nitrogen and oxygen atoms in total. The second kappa shape index (κ2) is 4.35. The van der Waals surface area contributed by atoms with Crippen LogP contribution in [0, 0.1) is 0 Å². The van der Waals surface area contributed by atoms with Crippen LogP contribution in [-0.2, 0) is 11.2 Å². The molecule has 1 unspecified atom stereocenters. The first-order chi connectivity index (χ1) is 7.92. The van der Waals surface area contributed by atoms with Gasteiger partial charge in [0, 0.05) is 13.0 Å². The zero-order valence-corrected chi connectivity index (χ0v) is 9.67. The highest BCUT2D eigenvalue weighted by atomic mass is 32.1. The van der Waals surface area contributed by atoms with Crippen LogP contribution >= 0.6 is 11.3 Å². The van der Waals surface area contributed by atoms with Crippen molar-refractivity contribution in [1.82, 2.24) is 15.2 Å². The van der Waals surface area contributed by atoms with E-state index in [4.69, 9.17) is 4.74 Å². The van der Waals surface area contributed by atoms with Crippen LogP contribution in [0.2, 0.25) is 0 Å². The number of hydrogen-bond acceptors (Lipinski definition) is 4. The molecule has 1 aliphatic rings. The Morgan fingerprint density at radius 1 is 1.56 bits per heavy atom. The summed E-state index contributed by atoms with van der Waals surface area (Å²) in [6, 6.07) is 4.04. The molecular weight excluding hydrogens is 222 g/mol. The lowest BCUT2D eigenvalue weighted by molar-refractivity contribution is 0.110. The van der Waals surface area contributed by atoms with E-state index >= 15 is 0 Å². The first kappa shape index (κ1) is 9.99. The number of hydrogen-bond donors (Lipinski definition) is 1. The molecule has 0 saturated carbocycles. The number of aromatic amines is 1. The fourth-order valence-electron chi connectivity index (χ4n) is 1.92. The van der Waals surface area contributed by atoms with E-state index in [-0.39, 0.29) is 0 Å². The molecule has 1 atom stereocenters. The fraction of sp³-hybridized carbons (Fsp3) is 0.455. The molecule has 2 aromatic rings. The highest BCUT2D eigenvalue weighted by Gasteiger charge is 2.18. The number of rotatable bonds is 3. The van der Waals surface area contributed by atoms with Crippen molar-refractivity contribution in [3.05, 3.63) is 23.3 Å². The van der Waals surface area contributed by atoms with Gasteiger partial charge in [-0.05, 0) is 24.3 Å². The fourth-order valence-corrected chi connectivity index (χ4v) is 2.58. The average Bonchev–Trinajstić information content (AvgIpc) is 2.99. The Kier molecular flexibility index (Phi) is 2.71. The number of thiophene rings is 1. The van der Waals surface area contributed by atoms with E-state index in [0.29, 0.717) is 6.10 Å². The van der Waals surface area contributed by atoms with Crippen LogP contribution in [0.15, 0.2) is 17.5 Å². The van der Waals surface area contributed by atoms with Crippen molar-refractivity contribution >= 4 is 11.3 Å². The van der Waals surface area contributed by atoms with E-state index in [1.165, 1.54) is 0 Å². The van der Waals surface area contributed by atoms with Crippen molar-refractivity contribution < 1.29 is 4.74 Å². The molecule has 0 aliphatic carbocycles. The van der Waals surface area contributed by atoms with Gasteiger partial charge in [-0.15, -0.1) is 11.3 Å². The normalized spacial score (nSPS) is 20.4. The van der Waals surface area contributed by atoms with Gasteiger partial charge in [0.05, 0.1) is 11.0 Å². The summed E-state index contributed by atoms with van der Waals surface area (Å²) in [4.78, 5) is 5.59. The summed E-state index contributed by atoms with van der Waals surface area (Å²) >= 11 is 1.66. The van der Waals surface area contributed by atoms with Crippen LogP contribution < -0.4 is 0 Å². The SMILES string of the molecule is c1csc(-c2n[nH]c(CC3CCCO3)n2)c1. The molecule has 1 fully saturated rings. The van der Waals surface area contributed by atoms with Crippen molar-refractivity contribution in [2.75, 3.05) is 6.61 Å². The van der Waals surface area contributed by atoms with Crippen molar-refractivity contribution in [1.29, 1.82) is 0 Å². The highest BCUT2D eigenvalue weighted by Crippen LogP contribution is 2.21. The largest absolute Gasteiger partial charge is 0.378 e. The maximum absolute atomic E-state index is 5.57. The molecule has 3 rings (SSSR count). The topological polar surface area (TPSA) is 50.8 Å². The Balaban J connectivity index is 1.72. The standard InChI is InChI=1S/C11H13N3OS/c1-3-8(15-5-1)7-10-12-11(14-13-10)9-4-2-6-16-9/h2,4,6,8H,1,3,5,7H2,(H,12,13,14). The van der Waals surface area contributed by atoms with Gasteiger partial charge in [0.2, 0.25) is 0 Å². The third-order valence-electron chi connectivity index (χ3n) is 2.72. The van der Waals surface area contributed by atoms with Crippen LogP contribution in [0.5, 0.6) is 0 Å². The van der Waals surface area contributed by atoms with Crippen LogP contribution in [0.4, 0.5) is 0 Å². The molecule has 1 aliphatic heterocycles. The molecule has 0 spiro atoms. The molecule has 1 N–H and O–H groups in total. The third kappa shape index (κ3) is 2.01. The van der Waals surface area contributed by atoms with Crippen LogP contribution in [0.3, 0.4) is 0 Å². The summed E-state index contributed by atoms with van der Waals surface area (Å²) in [6.45, 7) is 0.886. The van der Waals surface area contributed by atoms with Gasteiger partial charge in [0.25, 0.3) is 0 Å². The maximum Gasteiger partial charge on any atom is 0.191 e. The Labute approximate surface area is 97.7 Å². The smallest absolute Gasteiger partial charge is 0.191 e. The van der Waals surface area contributed by atoms with Gasteiger partial charge in [-0.3, -0.25) is 5.10 Å². The predicted octanol–water partition coefficient (Wildman–Crippen LogP) is 2.25. The van der Waals surface area contributed by atoms with Gasteiger partial charge in [0.1, 0.15) is 5.82 Å². The maximum atomic E-state index is 5.57. The van der Waals surface area contributed by atoms with Crippen LogP contribution in [-0.4, -0.2) is 27.9 Å². The van der Waals surface area contributed by atoms with Crippen molar-refractivity contribution in [2.45, 2.75) is 25.4 Å². The van der Waals surface area contributed by atoms with Gasteiger partial charge >= 0.3 is 0 Å². The average molecular weight is 235 g/mol. The van der Waals surface area contributed by atoms with Crippen molar-refractivity contribution in [3.63, 3.8) is 0 Å². The molecule has 1 saturated heterocycles. The first-order valence-corrected chi connectivity index (χ1v) is 6.36. The highest BCUT2D eigenvalue weighted by molar-refractivity contribution is 7.13. The number of nitrogens with one attached hydrogen (secondary N) is 1. The van der Waals surface area contributed by atoms with Gasteiger partial charge in [-0.25, -0.2) is 4.98 Å². The van der Waals surface area contributed by atoms with Gasteiger partial charge in [-0.1, -0.05) is 6.07 Å². The molecule has 2 aromatic heterocycles. The number of aromatic nitrogens is 3. The minimum atomic E-state index is 0.323. The van der Waals surface area contributed by atoms with Gasteiger partial charge < -0.3 is 4.74 Å². The molecule has 0 amide bonds. The number of ether oxygens (including phenoxy) is 1. The first-order valence-electron chi connectivity index (χ1n) is 5.48. The van der Waals surface area contributed by atoms with Gasteiger partial charge in [0.15, 0.2) is 5.82 Å². The summed E-state index contributed by atoms with van der Waals surface area (Å²) in [5.74, 6) is 1.72. The third-order valence-corrected chi connectivity index (χ3v) is 3.58. The molecule has 0 bridgehead atoms. The zero-order chi connectivity index (χ0) is 10.8. The Morgan fingerprint density at radius 3 is 3.31 bits per heavy atom. The Bertz CT molecular complexity index is 446. The molecule has 3 heterocycles.